The van der Waals surface area contributed by atoms with Crippen LogP contribution in [0.1, 0.15) is 22.7 Å². The van der Waals surface area contributed by atoms with E-state index in [-0.39, 0.29) is 6.04 Å². The summed E-state index contributed by atoms with van der Waals surface area (Å²) in [7, 11) is 0. The molecule has 0 spiro atoms. The number of halogens is 1. The van der Waals surface area contributed by atoms with Crippen molar-refractivity contribution in [3.8, 4) is 0 Å². The number of hydrazine groups is 1. The number of benzene rings is 2. The highest BCUT2D eigenvalue weighted by molar-refractivity contribution is 6.30. The summed E-state index contributed by atoms with van der Waals surface area (Å²) in [5, 5.41) is 0.741. The summed E-state index contributed by atoms with van der Waals surface area (Å²) in [5.74, 6) is 5.66. The zero-order valence-corrected chi connectivity index (χ0v) is 11.1. The molecule has 2 aromatic carbocycles. The molecule has 3 N–H and O–H groups in total. The molecule has 0 aliphatic heterocycles. The zero-order chi connectivity index (χ0) is 13.0. The summed E-state index contributed by atoms with van der Waals surface area (Å²) in [6.07, 6.45) is 0.866. The van der Waals surface area contributed by atoms with E-state index in [2.05, 4.69) is 30.5 Å². The molecule has 0 bridgehead atoms. The average Bonchev–Trinajstić information content (AvgIpc) is 2.39. The monoisotopic (exact) mass is 260 g/mol. The van der Waals surface area contributed by atoms with Crippen LogP contribution in [0, 0.1) is 6.92 Å². The van der Waals surface area contributed by atoms with E-state index in [4.69, 9.17) is 17.4 Å². The van der Waals surface area contributed by atoms with Crippen LogP contribution in [0.5, 0.6) is 0 Å². The number of nitrogens with one attached hydrogen (secondary N) is 1. The minimum atomic E-state index is 0.100. The van der Waals surface area contributed by atoms with Crippen LogP contribution >= 0.6 is 11.6 Å². The Morgan fingerprint density at radius 3 is 2.39 bits per heavy atom. The van der Waals surface area contributed by atoms with Crippen molar-refractivity contribution in [2.75, 3.05) is 0 Å². The molecule has 18 heavy (non-hydrogen) atoms. The van der Waals surface area contributed by atoms with Gasteiger partial charge in [-0.1, -0.05) is 48.0 Å². The summed E-state index contributed by atoms with van der Waals surface area (Å²) < 4.78 is 0. The second kappa shape index (κ2) is 6.01. The molecule has 2 aromatic rings. The minimum Gasteiger partial charge on any atom is -0.271 e. The van der Waals surface area contributed by atoms with Crippen LogP contribution in [-0.2, 0) is 6.42 Å². The Bertz CT molecular complexity index is 508. The number of nitrogens with two attached hydrogens (primary N) is 1. The van der Waals surface area contributed by atoms with Crippen molar-refractivity contribution < 1.29 is 0 Å². The van der Waals surface area contributed by atoms with Gasteiger partial charge in [-0.05, 0) is 42.2 Å². The normalized spacial score (nSPS) is 12.4. The molecule has 1 atom stereocenters. The highest BCUT2D eigenvalue weighted by Gasteiger charge is 2.11. The SMILES string of the molecule is Cc1ccccc1CC(NN)c1ccc(Cl)cc1. The van der Waals surface area contributed by atoms with Gasteiger partial charge in [0.2, 0.25) is 0 Å². The number of rotatable bonds is 4. The quantitative estimate of drug-likeness (QED) is 0.653. The van der Waals surface area contributed by atoms with Gasteiger partial charge in [-0.25, -0.2) is 0 Å². The van der Waals surface area contributed by atoms with E-state index in [1.54, 1.807) is 0 Å². The average molecular weight is 261 g/mol. The van der Waals surface area contributed by atoms with Crippen LogP contribution in [0.15, 0.2) is 48.5 Å². The highest BCUT2D eigenvalue weighted by Crippen LogP contribution is 2.21. The van der Waals surface area contributed by atoms with Gasteiger partial charge in [-0.15, -0.1) is 0 Å². The topological polar surface area (TPSA) is 38.0 Å². The number of hydrogen-bond acceptors (Lipinski definition) is 2. The standard InChI is InChI=1S/C15H17ClN2/c1-11-4-2-3-5-13(11)10-15(18-17)12-6-8-14(16)9-7-12/h2-9,15,18H,10,17H2,1H3. The van der Waals surface area contributed by atoms with Crippen molar-refractivity contribution in [3.05, 3.63) is 70.2 Å². The molecule has 94 valence electrons. The maximum Gasteiger partial charge on any atom is 0.0500 e. The van der Waals surface area contributed by atoms with Gasteiger partial charge in [0.25, 0.3) is 0 Å². The van der Waals surface area contributed by atoms with Crippen LogP contribution in [0.2, 0.25) is 5.02 Å². The lowest BCUT2D eigenvalue weighted by Crippen LogP contribution is -2.29. The molecule has 0 aliphatic rings. The van der Waals surface area contributed by atoms with Crippen molar-refractivity contribution >= 4 is 11.6 Å². The van der Waals surface area contributed by atoms with Crippen LogP contribution in [0.3, 0.4) is 0 Å². The summed E-state index contributed by atoms with van der Waals surface area (Å²) in [5.41, 5.74) is 6.60. The van der Waals surface area contributed by atoms with Crippen molar-refractivity contribution in [2.24, 2.45) is 5.84 Å². The molecule has 0 saturated heterocycles. The molecule has 0 radical (unpaired) electrons. The first-order chi connectivity index (χ1) is 8.70. The van der Waals surface area contributed by atoms with E-state index >= 15 is 0 Å². The van der Waals surface area contributed by atoms with Gasteiger partial charge in [-0.2, -0.15) is 0 Å². The summed E-state index contributed by atoms with van der Waals surface area (Å²) in [6.45, 7) is 2.12. The maximum atomic E-state index is 5.89. The Balaban J connectivity index is 2.20. The van der Waals surface area contributed by atoms with Crippen molar-refractivity contribution in [1.82, 2.24) is 5.43 Å². The smallest absolute Gasteiger partial charge is 0.0500 e. The fourth-order valence-corrected chi connectivity index (χ4v) is 2.15. The Morgan fingerprint density at radius 2 is 1.78 bits per heavy atom. The lowest BCUT2D eigenvalue weighted by molar-refractivity contribution is 0.551. The molecule has 0 amide bonds. The van der Waals surface area contributed by atoms with Crippen LogP contribution in [0.25, 0.3) is 0 Å². The number of aryl methyl sites for hydroxylation is 1. The van der Waals surface area contributed by atoms with Crippen LogP contribution in [-0.4, -0.2) is 0 Å². The highest BCUT2D eigenvalue weighted by atomic mass is 35.5. The van der Waals surface area contributed by atoms with Gasteiger partial charge in [0.15, 0.2) is 0 Å². The lowest BCUT2D eigenvalue weighted by atomic mass is 9.97. The summed E-state index contributed by atoms with van der Waals surface area (Å²) in [4.78, 5) is 0. The van der Waals surface area contributed by atoms with Crippen molar-refractivity contribution in [1.29, 1.82) is 0 Å². The fourth-order valence-electron chi connectivity index (χ4n) is 2.03. The summed E-state index contributed by atoms with van der Waals surface area (Å²) >= 11 is 5.89. The molecule has 3 heteroatoms. The third kappa shape index (κ3) is 3.10. The Kier molecular flexibility index (Phi) is 4.37. The van der Waals surface area contributed by atoms with E-state index in [9.17, 15) is 0 Å². The van der Waals surface area contributed by atoms with Crippen LogP contribution in [0.4, 0.5) is 0 Å². The van der Waals surface area contributed by atoms with Gasteiger partial charge in [-0.3, -0.25) is 11.3 Å². The van der Waals surface area contributed by atoms with Gasteiger partial charge < -0.3 is 0 Å². The molecule has 0 heterocycles. The first-order valence-corrected chi connectivity index (χ1v) is 6.34. The third-order valence-electron chi connectivity index (χ3n) is 3.16. The molecule has 1 unspecified atom stereocenters. The molecule has 2 rings (SSSR count). The largest absolute Gasteiger partial charge is 0.271 e. The van der Waals surface area contributed by atoms with E-state index in [1.807, 2.05) is 30.3 Å². The van der Waals surface area contributed by atoms with Gasteiger partial charge in [0, 0.05) is 11.1 Å². The number of hydrogen-bond donors (Lipinski definition) is 2. The molecule has 0 fully saturated rings. The molecular weight excluding hydrogens is 244 g/mol. The van der Waals surface area contributed by atoms with E-state index in [1.165, 1.54) is 11.1 Å². The second-order valence-electron chi connectivity index (χ2n) is 4.40. The molecule has 0 aromatic heterocycles. The van der Waals surface area contributed by atoms with E-state index in [0.717, 1.165) is 17.0 Å². The Labute approximate surface area is 113 Å². The fraction of sp³-hybridized carbons (Fsp3) is 0.200. The predicted octanol–water partition coefficient (Wildman–Crippen LogP) is 3.40. The first kappa shape index (κ1) is 13.1. The molecule has 0 aliphatic carbocycles. The van der Waals surface area contributed by atoms with E-state index < -0.39 is 0 Å². The lowest BCUT2D eigenvalue weighted by Gasteiger charge is -2.17. The second-order valence-corrected chi connectivity index (χ2v) is 4.84. The van der Waals surface area contributed by atoms with Gasteiger partial charge in [0.1, 0.15) is 0 Å². The molecular formula is C15H17ClN2. The van der Waals surface area contributed by atoms with E-state index in [0.29, 0.717) is 0 Å². The first-order valence-electron chi connectivity index (χ1n) is 5.97. The Morgan fingerprint density at radius 1 is 1.11 bits per heavy atom. The zero-order valence-electron chi connectivity index (χ0n) is 10.4. The van der Waals surface area contributed by atoms with Gasteiger partial charge >= 0.3 is 0 Å². The van der Waals surface area contributed by atoms with Gasteiger partial charge in [0.05, 0.1) is 0 Å². The van der Waals surface area contributed by atoms with Crippen LogP contribution < -0.4 is 11.3 Å². The summed E-state index contributed by atoms with van der Waals surface area (Å²) in [6, 6.07) is 16.2. The molecule has 2 nitrogen and oxygen atoms in total. The maximum absolute atomic E-state index is 5.89. The van der Waals surface area contributed by atoms with Crippen molar-refractivity contribution in [3.63, 3.8) is 0 Å². The minimum absolute atomic E-state index is 0.100. The third-order valence-corrected chi connectivity index (χ3v) is 3.41. The molecule has 0 saturated carbocycles. The predicted molar refractivity (Wildman–Crippen MR) is 76.4 cm³/mol. The van der Waals surface area contributed by atoms with Crippen molar-refractivity contribution in [2.45, 2.75) is 19.4 Å². The Hall–Kier alpha value is -1.35.